The third-order valence-corrected chi connectivity index (χ3v) is 7.49. The lowest BCUT2D eigenvalue weighted by Gasteiger charge is -2.36. The highest BCUT2D eigenvalue weighted by Crippen LogP contribution is 2.23. The van der Waals surface area contributed by atoms with Crippen LogP contribution in [0.3, 0.4) is 0 Å². The summed E-state index contributed by atoms with van der Waals surface area (Å²) in [6, 6.07) is 12.5. The van der Waals surface area contributed by atoms with Crippen molar-refractivity contribution < 1.29 is 13.2 Å². The molecule has 29 heavy (non-hydrogen) atoms. The fourth-order valence-corrected chi connectivity index (χ4v) is 5.59. The van der Waals surface area contributed by atoms with Gasteiger partial charge >= 0.3 is 0 Å². The Bertz CT molecular complexity index is 1140. The third-order valence-electron chi connectivity index (χ3n) is 4.97. The fraction of sp³-hybridized carbons (Fsp3) is 0.316. The first-order valence-corrected chi connectivity index (χ1v) is 11.9. The molecule has 0 radical (unpaired) electrons. The summed E-state index contributed by atoms with van der Waals surface area (Å²) in [6.07, 6.45) is -0.0482. The van der Waals surface area contributed by atoms with Crippen molar-refractivity contribution in [2.75, 3.05) is 36.8 Å². The van der Waals surface area contributed by atoms with E-state index in [0.29, 0.717) is 42.2 Å². The quantitative estimate of drug-likeness (QED) is 0.594. The highest BCUT2D eigenvalue weighted by atomic mass is 35.5. The topological polar surface area (TPSA) is 83.5 Å². The minimum absolute atomic E-state index is 0.0482. The smallest absolute Gasteiger partial charge is 0.223 e. The van der Waals surface area contributed by atoms with Crippen LogP contribution in [0, 0.1) is 0 Å². The Morgan fingerprint density at radius 2 is 1.83 bits per heavy atom. The van der Waals surface area contributed by atoms with Crippen LogP contribution in [0.2, 0.25) is 5.02 Å². The van der Waals surface area contributed by atoms with E-state index in [2.05, 4.69) is 13.6 Å². The number of benzene rings is 2. The SMILES string of the molecule is O=C(CCS(=O)(=O)c1cccc2nsnc12)N1CCN(c2cccc(Cl)c2)CC1. The number of carbonyl (C=O) groups excluding carboxylic acids is 1. The molecule has 2 aromatic carbocycles. The number of halogens is 1. The van der Waals surface area contributed by atoms with Gasteiger partial charge in [-0.1, -0.05) is 23.7 Å². The molecule has 1 amide bonds. The van der Waals surface area contributed by atoms with E-state index in [1.54, 1.807) is 17.0 Å². The van der Waals surface area contributed by atoms with E-state index in [1.807, 2.05) is 24.3 Å². The number of nitrogens with zero attached hydrogens (tertiary/aromatic N) is 4. The Balaban J connectivity index is 1.36. The van der Waals surface area contributed by atoms with E-state index in [4.69, 9.17) is 11.6 Å². The predicted octanol–water partition coefficient (Wildman–Crippen LogP) is 2.86. The van der Waals surface area contributed by atoms with E-state index >= 15 is 0 Å². The number of fused-ring (bicyclic) bond motifs is 1. The molecular formula is C19H19ClN4O3S2. The second kappa shape index (κ2) is 8.25. The van der Waals surface area contributed by atoms with E-state index in [-0.39, 0.29) is 23.0 Å². The molecule has 152 valence electrons. The van der Waals surface area contributed by atoms with Crippen molar-refractivity contribution in [3.8, 4) is 0 Å². The Morgan fingerprint density at radius 1 is 1.07 bits per heavy atom. The van der Waals surface area contributed by atoms with Gasteiger partial charge in [0.15, 0.2) is 9.84 Å². The van der Waals surface area contributed by atoms with Crippen molar-refractivity contribution in [1.29, 1.82) is 0 Å². The highest BCUT2D eigenvalue weighted by Gasteiger charge is 2.25. The molecule has 0 atom stereocenters. The summed E-state index contributed by atoms with van der Waals surface area (Å²) in [5, 5.41) is 0.677. The van der Waals surface area contributed by atoms with Gasteiger partial charge in [-0.25, -0.2) is 8.42 Å². The summed E-state index contributed by atoms with van der Waals surface area (Å²) < 4.78 is 33.7. The first-order valence-electron chi connectivity index (χ1n) is 9.16. The summed E-state index contributed by atoms with van der Waals surface area (Å²) in [6.45, 7) is 2.47. The normalized spacial score (nSPS) is 15.1. The van der Waals surface area contributed by atoms with Gasteiger partial charge in [-0.15, -0.1) is 0 Å². The van der Waals surface area contributed by atoms with Crippen molar-refractivity contribution in [2.45, 2.75) is 11.3 Å². The fourth-order valence-electron chi connectivity index (χ4n) is 3.41. The van der Waals surface area contributed by atoms with Gasteiger partial charge in [-0.3, -0.25) is 4.79 Å². The highest BCUT2D eigenvalue weighted by molar-refractivity contribution is 7.91. The van der Waals surface area contributed by atoms with Crippen LogP contribution < -0.4 is 4.90 Å². The van der Waals surface area contributed by atoms with Crippen LogP contribution in [-0.2, 0) is 14.6 Å². The number of hydrogen-bond acceptors (Lipinski definition) is 7. The van der Waals surface area contributed by atoms with Crippen LogP contribution in [0.15, 0.2) is 47.4 Å². The Morgan fingerprint density at radius 3 is 2.59 bits per heavy atom. The zero-order chi connectivity index (χ0) is 20.4. The Kier molecular flexibility index (Phi) is 5.71. The molecule has 0 aliphatic carbocycles. The van der Waals surface area contributed by atoms with Gasteiger partial charge in [0.1, 0.15) is 11.0 Å². The Labute approximate surface area is 178 Å². The maximum atomic E-state index is 12.7. The van der Waals surface area contributed by atoms with Crippen molar-refractivity contribution in [1.82, 2.24) is 13.6 Å². The van der Waals surface area contributed by atoms with Gasteiger partial charge in [0, 0.05) is 43.3 Å². The van der Waals surface area contributed by atoms with Crippen LogP contribution in [-0.4, -0.2) is 59.9 Å². The molecule has 0 unspecified atom stereocenters. The second-order valence-electron chi connectivity index (χ2n) is 6.80. The number of sulfone groups is 1. The van der Waals surface area contributed by atoms with Gasteiger partial charge in [0.2, 0.25) is 5.91 Å². The number of rotatable bonds is 5. The second-order valence-corrected chi connectivity index (χ2v) is 9.85. The number of piperazine rings is 1. The molecule has 3 aromatic rings. The van der Waals surface area contributed by atoms with Crippen molar-refractivity contribution in [3.05, 3.63) is 47.5 Å². The molecule has 10 heteroatoms. The van der Waals surface area contributed by atoms with Crippen molar-refractivity contribution in [3.63, 3.8) is 0 Å². The summed E-state index contributed by atoms with van der Waals surface area (Å²) in [7, 11) is -3.62. The van der Waals surface area contributed by atoms with Gasteiger partial charge in [-0.2, -0.15) is 8.75 Å². The maximum absolute atomic E-state index is 12.7. The number of carbonyl (C=O) groups is 1. The van der Waals surface area contributed by atoms with Crippen LogP contribution in [0.4, 0.5) is 5.69 Å². The molecule has 7 nitrogen and oxygen atoms in total. The van der Waals surface area contributed by atoms with Crippen molar-refractivity contribution in [2.24, 2.45) is 0 Å². The van der Waals surface area contributed by atoms with Crippen LogP contribution in [0.1, 0.15) is 6.42 Å². The molecule has 1 fully saturated rings. The monoisotopic (exact) mass is 450 g/mol. The van der Waals surface area contributed by atoms with E-state index in [9.17, 15) is 13.2 Å². The van der Waals surface area contributed by atoms with Crippen LogP contribution in [0.5, 0.6) is 0 Å². The minimum atomic E-state index is -3.62. The molecule has 4 rings (SSSR count). The van der Waals surface area contributed by atoms with E-state index < -0.39 is 9.84 Å². The molecule has 1 aromatic heterocycles. The largest absolute Gasteiger partial charge is 0.368 e. The van der Waals surface area contributed by atoms with Crippen LogP contribution in [0.25, 0.3) is 11.0 Å². The molecule has 0 saturated carbocycles. The van der Waals surface area contributed by atoms with Crippen LogP contribution >= 0.6 is 23.3 Å². The van der Waals surface area contributed by atoms with Gasteiger partial charge in [-0.05, 0) is 30.3 Å². The summed E-state index contributed by atoms with van der Waals surface area (Å²) >= 11 is 7.03. The van der Waals surface area contributed by atoms with E-state index in [0.717, 1.165) is 17.4 Å². The number of amides is 1. The zero-order valence-corrected chi connectivity index (χ0v) is 17.9. The molecule has 1 aliphatic heterocycles. The summed E-state index contributed by atoms with van der Waals surface area (Å²) in [4.78, 5) is 16.6. The van der Waals surface area contributed by atoms with E-state index in [1.165, 1.54) is 6.07 Å². The molecular weight excluding hydrogens is 432 g/mol. The van der Waals surface area contributed by atoms with Gasteiger partial charge in [0.05, 0.1) is 22.4 Å². The molecule has 0 spiro atoms. The summed E-state index contributed by atoms with van der Waals surface area (Å²) in [5.41, 5.74) is 1.96. The van der Waals surface area contributed by atoms with Crippen molar-refractivity contribution >= 4 is 55.8 Å². The third kappa shape index (κ3) is 4.36. The average molecular weight is 451 g/mol. The Hall–Kier alpha value is -2.23. The molecule has 0 N–H and O–H groups in total. The molecule has 0 bridgehead atoms. The van der Waals surface area contributed by atoms with Gasteiger partial charge in [0.25, 0.3) is 0 Å². The lowest BCUT2D eigenvalue weighted by molar-refractivity contribution is -0.131. The maximum Gasteiger partial charge on any atom is 0.223 e. The number of hydrogen-bond donors (Lipinski definition) is 0. The number of anilines is 1. The number of aromatic nitrogens is 2. The minimum Gasteiger partial charge on any atom is -0.368 e. The first-order chi connectivity index (χ1) is 13.9. The first kappa shape index (κ1) is 20.1. The molecule has 1 saturated heterocycles. The summed E-state index contributed by atoms with van der Waals surface area (Å²) in [5.74, 6) is -0.389. The lowest BCUT2D eigenvalue weighted by Crippen LogP contribution is -2.49. The molecule has 2 heterocycles. The lowest BCUT2D eigenvalue weighted by atomic mass is 10.2. The molecule has 1 aliphatic rings. The standard InChI is InChI=1S/C19H19ClN4O3S2/c20-14-3-1-4-15(13-14)23-8-10-24(11-9-23)18(25)7-12-29(26,27)17-6-2-5-16-19(17)22-28-21-16/h1-6,13H,7-12H2. The zero-order valence-electron chi connectivity index (χ0n) is 15.5. The average Bonchev–Trinajstić information content (AvgIpc) is 3.21. The predicted molar refractivity (Wildman–Crippen MR) is 114 cm³/mol. The van der Waals surface area contributed by atoms with Gasteiger partial charge < -0.3 is 9.80 Å².